The van der Waals surface area contributed by atoms with E-state index < -0.39 is 11.5 Å². The first-order valence-corrected chi connectivity index (χ1v) is 13.9. The molecule has 0 saturated heterocycles. The van der Waals surface area contributed by atoms with Gasteiger partial charge in [-0.3, -0.25) is 0 Å². The number of methoxy groups -OCH3 is 5. The summed E-state index contributed by atoms with van der Waals surface area (Å²) in [6.07, 6.45) is 0.328. The van der Waals surface area contributed by atoms with Gasteiger partial charge in [0.1, 0.15) is 5.60 Å². The van der Waals surface area contributed by atoms with E-state index in [2.05, 4.69) is 15.9 Å². The number of para-hydroxylation sites is 2. The monoisotopic (exact) mass is 624 g/mol. The summed E-state index contributed by atoms with van der Waals surface area (Å²) in [5.74, 6) is 1.65. The quantitative estimate of drug-likeness (QED) is 0.205. The average Bonchev–Trinajstić information content (AvgIpc) is 2.98. The van der Waals surface area contributed by atoms with Crippen molar-refractivity contribution in [3.05, 3.63) is 81.8 Å². The molecule has 4 rings (SSSR count). The van der Waals surface area contributed by atoms with Crippen molar-refractivity contribution < 1.29 is 28.8 Å². The summed E-state index contributed by atoms with van der Waals surface area (Å²) in [6, 6.07) is 19.1. The maximum atomic E-state index is 13.2. The van der Waals surface area contributed by atoms with E-state index in [-0.39, 0.29) is 0 Å². The predicted molar refractivity (Wildman–Crippen MR) is 164 cm³/mol. The van der Waals surface area contributed by atoms with Crippen molar-refractivity contribution in [2.75, 3.05) is 56.2 Å². The Hall–Kier alpha value is -3.53. The van der Waals surface area contributed by atoms with E-state index in [4.69, 9.17) is 28.7 Å². The Kier molecular flexibility index (Phi) is 9.63. The summed E-state index contributed by atoms with van der Waals surface area (Å²) in [5, 5.41) is 14.1. The molecule has 0 bridgehead atoms. The zero-order chi connectivity index (χ0) is 29.7. The molecule has 2 atom stereocenters. The first kappa shape index (κ1) is 30.4. The van der Waals surface area contributed by atoms with Crippen LogP contribution in [0.3, 0.4) is 0 Å². The molecule has 0 aliphatic carbocycles. The minimum atomic E-state index is -1.56. The smallest absolute Gasteiger partial charge is 0.217 e. The fourth-order valence-corrected chi connectivity index (χ4v) is 5.77. The largest absolute Gasteiger partial charge is 0.493 e. The lowest BCUT2D eigenvalue weighted by molar-refractivity contribution is 0.000899. The number of pyridine rings is 1. The number of aliphatic hydroxyl groups is 1. The van der Waals surface area contributed by atoms with Gasteiger partial charge in [-0.25, -0.2) is 4.98 Å². The van der Waals surface area contributed by atoms with E-state index in [0.29, 0.717) is 58.5 Å². The molecule has 1 heterocycles. The third kappa shape index (κ3) is 5.93. The van der Waals surface area contributed by atoms with Gasteiger partial charge in [0.05, 0.1) is 47.0 Å². The summed E-state index contributed by atoms with van der Waals surface area (Å²) in [7, 11) is 11.9. The van der Waals surface area contributed by atoms with Crippen molar-refractivity contribution in [2.24, 2.45) is 0 Å². The summed E-state index contributed by atoms with van der Waals surface area (Å²) in [6.45, 7) is 0.564. The molecule has 4 aromatic rings. The Balaban J connectivity index is 2.17. The minimum Gasteiger partial charge on any atom is -0.493 e. The zero-order valence-electron chi connectivity index (χ0n) is 24.5. The second kappa shape index (κ2) is 13.0. The molecule has 41 heavy (non-hydrogen) atoms. The summed E-state index contributed by atoms with van der Waals surface area (Å²) in [4.78, 5) is 6.90. The van der Waals surface area contributed by atoms with Crippen LogP contribution in [0.5, 0.6) is 28.9 Å². The number of aromatic nitrogens is 1. The van der Waals surface area contributed by atoms with Gasteiger partial charge in [0.25, 0.3) is 0 Å². The summed E-state index contributed by atoms with van der Waals surface area (Å²) < 4.78 is 30.0. The molecular weight excluding hydrogens is 588 g/mol. The summed E-state index contributed by atoms with van der Waals surface area (Å²) in [5.41, 5.74) is 1.15. The molecule has 0 radical (unpaired) electrons. The molecule has 1 N–H and O–H groups in total. The van der Waals surface area contributed by atoms with Gasteiger partial charge in [0, 0.05) is 33.1 Å². The number of nitrogens with zero attached hydrogens (tertiary/aromatic N) is 2. The third-order valence-electron chi connectivity index (χ3n) is 7.31. The van der Waals surface area contributed by atoms with E-state index in [1.54, 1.807) is 35.5 Å². The standard InChI is InChI=1S/C32H37BrN2O6/c1-35(2)17-16-32(36,24-11-9-13-27(38-4)30(24)40-6)28(22-10-8-12-26(37-3)29(22)39-5)23-19-20-18-21(33)14-15-25(20)34-31(23)41-7/h8-15,18-19,28,36H,16-17H2,1-7H3. The number of hydrogen-bond acceptors (Lipinski definition) is 8. The summed E-state index contributed by atoms with van der Waals surface area (Å²) >= 11 is 3.59. The molecule has 1 aromatic heterocycles. The van der Waals surface area contributed by atoms with Gasteiger partial charge in [0.2, 0.25) is 5.88 Å². The fraction of sp³-hybridized carbons (Fsp3) is 0.344. The molecule has 0 amide bonds. The third-order valence-corrected chi connectivity index (χ3v) is 7.80. The van der Waals surface area contributed by atoms with Crippen molar-refractivity contribution in [3.63, 3.8) is 0 Å². The molecule has 2 unspecified atom stereocenters. The molecule has 0 aliphatic rings. The van der Waals surface area contributed by atoms with Crippen LogP contribution in [0.1, 0.15) is 29.0 Å². The van der Waals surface area contributed by atoms with Crippen molar-refractivity contribution >= 4 is 26.8 Å². The van der Waals surface area contributed by atoms with Crippen LogP contribution in [0.15, 0.2) is 65.1 Å². The lowest BCUT2D eigenvalue weighted by Gasteiger charge is -2.40. The first-order valence-electron chi connectivity index (χ1n) is 13.2. The van der Waals surface area contributed by atoms with Gasteiger partial charge in [-0.2, -0.15) is 0 Å². The van der Waals surface area contributed by atoms with E-state index in [0.717, 1.165) is 15.4 Å². The number of rotatable bonds is 12. The van der Waals surface area contributed by atoms with Gasteiger partial charge < -0.3 is 33.7 Å². The van der Waals surface area contributed by atoms with Crippen LogP contribution in [0, 0.1) is 0 Å². The van der Waals surface area contributed by atoms with Crippen LogP contribution >= 0.6 is 15.9 Å². The second-order valence-electron chi connectivity index (χ2n) is 9.96. The van der Waals surface area contributed by atoms with E-state index in [1.165, 1.54) is 0 Å². The average molecular weight is 626 g/mol. The van der Waals surface area contributed by atoms with E-state index in [9.17, 15) is 5.11 Å². The molecule has 0 fully saturated rings. The van der Waals surface area contributed by atoms with Crippen LogP contribution in [0.2, 0.25) is 0 Å². The molecule has 0 spiro atoms. The number of hydrogen-bond donors (Lipinski definition) is 1. The Morgan fingerprint density at radius 3 is 2.07 bits per heavy atom. The molecule has 9 heteroatoms. The number of ether oxygens (including phenoxy) is 5. The SMILES string of the molecule is COc1cccc(C(c2cc3cc(Br)ccc3nc2OC)C(O)(CCN(C)C)c2cccc(OC)c2OC)c1OC. The topological polar surface area (TPSA) is 82.5 Å². The fourth-order valence-electron chi connectivity index (χ4n) is 5.39. The van der Waals surface area contributed by atoms with Gasteiger partial charge in [0.15, 0.2) is 23.0 Å². The van der Waals surface area contributed by atoms with Crippen LogP contribution in [-0.2, 0) is 5.60 Å². The molecular formula is C32H37BrN2O6. The predicted octanol–water partition coefficient (Wildman–Crippen LogP) is 6.01. The first-order chi connectivity index (χ1) is 19.7. The Morgan fingerprint density at radius 1 is 0.805 bits per heavy atom. The highest BCUT2D eigenvalue weighted by molar-refractivity contribution is 9.10. The van der Waals surface area contributed by atoms with Gasteiger partial charge >= 0.3 is 0 Å². The van der Waals surface area contributed by atoms with Crippen LogP contribution in [-0.4, -0.2) is 71.2 Å². The van der Waals surface area contributed by atoms with Crippen LogP contribution in [0.4, 0.5) is 0 Å². The molecule has 0 aliphatic heterocycles. The lowest BCUT2D eigenvalue weighted by Crippen LogP contribution is -2.38. The van der Waals surface area contributed by atoms with Crippen molar-refractivity contribution in [1.29, 1.82) is 0 Å². The highest BCUT2D eigenvalue weighted by Gasteiger charge is 2.46. The van der Waals surface area contributed by atoms with Crippen LogP contribution < -0.4 is 23.7 Å². The Morgan fingerprint density at radius 2 is 1.46 bits per heavy atom. The maximum absolute atomic E-state index is 13.2. The molecule has 0 saturated carbocycles. The van der Waals surface area contributed by atoms with E-state index >= 15 is 0 Å². The van der Waals surface area contributed by atoms with Crippen LogP contribution in [0.25, 0.3) is 10.9 Å². The van der Waals surface area contributed by atoms with Crippen molar-refractivity contribution in [1.82, 2.24) is 9.88 Å². The maximum Gasteiger partial charge on any atom is 0.217 e. The minimum absolute atomic E-state index is 0.328. The Labute approximate surface area is 249 Å². The second-order valence-corrected chi connectivity index (χ2v) is 10.9. The Bertz CT molecular complexity index is 1510. The molecule has 3 aromatic carbocycles. The number of halogens is 1. The van der Waals surface area contributed by atoms with Gasteiger partial charge in [-0.05, 0) is 56.9 Å². The van der Waals surface area contributed by atoms with E-state index in [1.807, 2.05) is 79.7 Å². The molecule has 218 valence electrons. The zero-order valence-corrected chi connectivity index (χ0v) is 26.1. The number of fused-ring (bicyclic) bond motifs is 1. The van der Waals surface area contributed by atoms with Crippen molar-refractivity contribution in [3.8, 4) is 28.9 Å². The highest BCUT2D eigenvalue weighted by atomic mass is 79.9. The highest BCUT2D eigenvalue weighted by Crippen LogP contribution is 2.54. The van der Waals surface area contributed by atoms with Crippen molar-refractivity contribution in [2.45, 2.75) is 17.9 Å². The van der Waals surface area contributed by atoms with Gasteiger partial charge in [-0.15, -0.1) is 0 Å². The number of benzene rings is 3. The van der Waals surface area contributed by atoms with Gasteiger partial charge in [-0.1, -0.05) is 40.2 Å². The lowest BCUT2D eigenvalue weighted by atomic mass is 9.71. The normalized spacial score (nSPS) is 13.5. The molecule has 8 nitrogen and oxygen atoms in total.